The Balaban J connectivity index is 2.74. The van der Waals surface area contributed by atoms with Crippen molar-refractivity contribution in [3.05, 3.63) is 23.8 Å². The lowest BCUT2D eigenvalue weighted by Gasteiger charge is -2.22. The van der Waals surface area contributed by atoms with Gasteiger partial charge in [0.15, 0.2) is 11.5 Å². The number of aliphatic hydroxyl groups excluding tert-OH is 1. The van der Waals surface area contributed by atoms with E-state index in [0.29, 0.717) is 17.9 Å². The SMILES string of the molecule is CCCC(N)C(O)CC(C)c1ccc(OC)c(OC)c1. The highest BCUT2D eigenvalue weighted by Gasteiger charge is 2.19. The molecule has 0 heterocycles. The number of nitrogens with two attached hydrogens (primary N) is 1. The average molecular weight is 281 g/mol. The number of hydrogen-bond acceptors (Lipinski definition) is 4. The van der Waals surface area contributed by atoms with Crippen molar-refractivity contribution in [1.29, 1.82) is 0 Å². The molecule has 114 valence electrons. The van der Waals surface area contributed by atoms with Gasteiger partial charge >= 0.3 is 0 Å². The number of hydrogen-bond donors (Lipinski definition) is 2. The van der Waals surface area contributed by atoms with Gasteiger partial charge in [-0.1, -0.05) is 26.3 Å². The number of rotatable bonds is 8. The van der Waals surface area contributed by atoms with E-state index >= 15 is 0 Å². The minimum Gasteiger partial charge on any atom is -0.493 e. The molecule has 3 unspecified atom stereocenters. The fraction of sp³-hybridized carbons (Fsp3) is 0.625. The highest BCUT2D eigenvalue weighted by Crippen LogP contribution is 2.32. The fourth-order valence-electron chi connectivity index (χ4n) is 2.36. The van der Waals surface area contributed by atoms with Crippen LogP contribution in [0.3, 0.4) is 0 Å². The van der Waals surface area contributed by atoms with Crippen LogP contribution in [0.2, 0.25) is 0 Å². The summed E-state index contributed by atoms with van der Waals surface area (Å²) >= 11 is 0. The van der Waals surface area contributed by atoms with Crippen molar-refractivity contribution in [3.8, 4) is 11.5 Å². The number of methoxy groups -OCH3 is 2. The van der Waals surface area contributed by atoms with Gasteiger partial charge in [0.2, 0.25) is 0 Å². The molecule has 0 bridgehead atoms. The predicted octanol–water partition coefficient (Wildman–Crippen LogP) is 2.69. The Morgan fingerprint density at radius 1 is 1.20 bits per heavy atom. The molecule has 4 heteroatoms. The minimum atomic E-state index is -0.474. The molecule has 0 saturated heterocycles. The normalized spacial score (nSPS) is 15.5. The van der Waals surface area contributed by atoms with Gasteiger partial charge in [0.1, 0.15) is 0 Å². The van der Waals surface area contributed by atoms with Crippen LogP contribution in [0.15, 0.2) is 18.2 Å². The molecule has 0 amide bonds. The summed E-state index contributed by atoms with van der Waals surface area (Å²) in [5.74, 6) is 1.64. The number of ether oxygens (including phenoxy) is 2. The quantitative estimate of drug-likeness (QED) is 0.769. The van der Waals surface area contributed by atoms with Crippen molar-refractivity contribution in [2.24, 2.45) is 5.73 Å². The van der Waals surface area contributed by atoms with Crippen molar-refractivity contribution < 1.29 is 14.6 Å². The zero-order chi connectivity index (χ0) is 15.1. The summed E-state index contributed by atoms with van der Waals surface area (Å²) in [7, 11) is 3.24. The van der Waals surface area contributed by atoms with Gasteiger partial charge < -0.3 is 20.3 Å². The molecule has 0 radical (unpaired) electrons. The highest BCUT2D eigenvalue weighted by molar-refractivity contribution is 5.43. The van der Waals surface area contributed by atoms with Crippen LogP contribution in [0, 0.1) is 0 Å². The Bertz CT molecular complexity index is 409. The second-order valence-corrected chi connectivity index (χ2v) is 5.27. The molecule has 0 fully saturated rings. The van der Waals surface area contributed by atoms with Crippen LogP contribution in [-0.4, -0.2) is 31.5 Å². The molecule has 0 saturated carbocycles. The van der Waals surface area contributed by atoms with E-state index in [2.05, 4.69) is 13.8 Å². The third kappa shape index (κ3) is 4.39. The first kappa shape index (κ1) is 16.8. The molecule has 1 rings (SSSR count). The van der Waals surface area contributed by atoms with Crippen molar-refractivity contribution in [3.63, 3.8) is 0 Å². The first-order valence-corrected chi connectivity index (χ1v) is 7.19. The highest BCUT2D eigenvalue weighted by atomic mass is 16.5. The Morgan fingerprint density at radius 2 is 1.85 bits per heavy atom. The zero-order valence-electron chi connectivity index (χ0n) is 12.9. The van der Waals surface area contributed by atoms with Crippen LogP contribution in [0.5, 0.6) is 11.5 Å². The Morgan fingerprint density at radius 3 is 2.40 bits per heavy atom. The van der Waals surface area contributed by atoms with Crippen LogP contribution in [0.4, 0.5) is 0 Å². The van der Waals surface area contributed by atoms with Gasteiger partial charge in [-0.05, 0) is 36.5 Å². The van der Waals surface area contributed by atoms with E-state index in [1.54, 1.807) is 14.2 Å². The van der Waals surface area contributed by atoms with Crippen molar-refractivity contribution in [1.82, 2.24) is 0 Å². The van der Waals surface area contributed by atoms with E-state index in [4.69, 9.17) is 15.2 Å². The van der Waals surface area contributed by atoms with E-state index in [1.165, 1.54) is 0 Å². The molecule has 20 heavy (non-hydrogen) atoms. The number of benzene rings is 1. The summed E-state index contributed by atoms with van der Waals surface area (Å²) in [6.45, 7) is 4.16. The molecule has 0 aliphatic heterocycles. The molecule has 0 aliphatic rings. The molecule has 3 N–H and O–H groups in total. The second-order valence-electron chi connectivity index (χ2n) is 5.27. The summed E-state index contributed by atoms with van der Waals surface area (Å²) in [6.07, 6.45) is 2.01. The molecule has 1 aromatic carbocycles. The van der Waals surface area contributed by atoms with Gasteiger partial charge in [-0.15, -0.1) is 0 Å². The molecule has 3 atom stereocenters. The lowest BCUT2D eigenvalue weighted by Crippen LogP contribution is -2.35. The van der Waals surface area contributed by atoms with Gasteiger partial charge in [-0.2, -0.15) is 0 Å². The van der Waals surface area contributed by atoms with E-state index in [-0.39, 0.29) is 12.0 Å². The average Bonchev–Trinajstić information content (AvgIpc) is 2.46. The van der Waals surface area contributed by atoms with Crippen LogP contribution in [-0.2, 0) is 0 Å². The maximum atomic E-state index is 10.1. The minimum absolute atomic E-state index is 0.150. The van der Waals surface area contributed by atoms with E-state index < -0.39 is 6.10 Å². The Hall–Kier alpha value is -1.26. The molecule has 0 spiro atoms. The van der Waals surface area contributed by atoms with Crippen molar-refractivity contribution in [2.75, 3.05) is 14.2 Å². The van der Waals surface area contributed by atoms with Crippen molar-refractivity contribution >= 4 is 0 Å². The monoisotopic (exact) mass is 281 g/mol. The maximum Gasteiger partial charge on any atom is 0.160 e. The van der Waals surface area contributed by atoms with Gasteiger partial charge in [-0.25, -0.2) is 0 Å². The summed E-state index contributed by atoms with van der Waals surface area (Å²) in [4.78, 5) is 0. The predicted molar refractivity (Wildman–Crippen MR) is 81.5 cm³/mol. The maximum absolute atomic E-state index is 10.1. The van der Waals surface area contributed by atoms with E-state index in [1.807, 2.05) is 18.2 Å². The first-order chi connectivity index (χ1) is 9.53. The van der Waals surface area contributed by atoms with Crippen LogP contribution < -0.4 is 15.2 Å². The second kappa shape index (κ2) is 8.12. The lowest BCUT2D eigenvalue weighted by molar-refractivity contribution is 0.124. The van der Waals surface area contributed by atoms with Crippen LogP contribution in [0.1, 0.15) is 44.6 Å². The fourth-order valence-corrected chi connectivity index (χ4v) is 2.36. The first-order valence-electron chi connectivity index (χ1n) is 7.19. The zero-order valence-corrected chi connectivity index (χ0v) is 12.9. The summed E-state index contributed by atoms with van der Waals surface area (Å²) < 4.78 is 10.5. The van der Waals surface area contributed by atoms with E-state index in [0.717, 1.165) is 18.4 Å². The smallest absolute Gasteiger partial charge is 0.160 e. The standard InChI is InChI=1S/C16H27NO3/c1-5-6-13(17)14(18)9-11(2)12-7-8-15(19-3)16(10-12)20-4/h7-8,10-11,13-14,18H,5-6,9,17H2,1-4H3. The summed E-state index contributed by atoms with van der Waals surface area (Å²) in [5.41, 5.74) is 7.08. The topological polar surface area (TPSA) is 64.7 Å². The summed E-state index contributed by atoms with van der Waals surface area (Å²) in [5, 5.41) is 10.1. The van der Waals surface area contributed by atoms with Gasteiger partial charge in [0.05, 0.1) is 20.3 Å². The molecule has 0 aliphatic carbocycles. The van der Waals surface area contributed by atoms with Gasteiger partial charge in [0, 0.05) is 6.04 Å². The van der Waals surface area contributed by atoms with Gasteiger partial charge in [-0.3, -0.25) is 0 Å². The third-order valence-corrected chi connectivity index (χ3v) is 3.69. The molecule has 4 nitrogen and oxygen atoms in total. The Kier molecular flexibility index (Phi) is 6.82. The third-order valence-electron chi connectivity index (χ3n) is 3.69. The summed E-state index contributed by atoms with van der Waals surface area (Å²) in [6, 6.07) is 5.71. The van der Waals surface area contributed by atoms with E-state index in [9.17, 15) is 5.11 Å². The van der Waals surface area contributed by atoms with Crippen LogP contribution in [0.25, 0.3) is 0 Å². The molecule has 0 aromatic heterocycles. The van der Waals surface area contributed by atoms with Gasteiger partial charge in [0.25, 0.3) is 0 Å². The molecular formula is C16H27NO3. The largest absolute Gasteiger partial charge is 0.493 e. The van der Waals surface area contributed by atoms with Crippen molar-refractivity contribution in [2.45, 2.75) is 51.2 Å². The lowest BCUT2D eigenvalue weighted by atomic mass is 9.91. The molecular weight excluding hydrogens is 254 g/mol. The Labute approximate surface area is 121 Å². The van der Waals surface area contributed by atoms with Crippen LogP contribution >= 0.6 is 0 Å². The number of aliphatic hydroxyl groups is 1. The molecule has 1 aromatic rings.